The van der Waals surface area contributed by atoms with Crippen LogP contribution in [0.4, 0.5) is 0 Å². The van der Waals surface area contributed by atoms with Gasteiger partial charge < -0.3 is 4.90 Å². The zero-order valence-corrected chi connectivity index (χ0v) is 16.6. The Morgan fingerprint density at radius 2 is 1.62 bits per heavy atom. The third kappa shape index (κ3) is 5.82. The monoisotopic (exact) mass is 352 g/mol. The topological polar surface area (TPSA) is 6.48 Å². The number of nitrogens with zero attached hydrogens (tertiary/aromatic N) is 2. The van der Waals surface area contributed by atoms with Crippen molar-refractivity contribution >= 4 is 10.8 Å². The normalized spacial score (nSPS) is 15.8. The number of rotatable bonds is 10. The third-order valence-corrected chi connectivity index (χ3v) is 5.87. The highest BCUT2D eigenvalue weighted by atomic mass is 15.1. The summed E-state index contributed by atoms with van der Waals surface area (Å²) in [5.41, 5.74) is 1.47. The van der Waals surface area contributed by atoms with Crippen LogP contribution in [0.2, 0.25) is 0 Å². The summed E-state index contributed by atoms with van der Waals surface area (Å²) in [5, 5.41) is 2.77. The minimum Gasteiger partial charge on any atom is -0.303 e. The van der Waals surface area contributed by atoms with Gasteiger partial charge in [-0.3, -0.25) is 4.90 Å². The summed E-state index contributed by atoms with van der Waals surface area (Å²) in [6.07, 6.45) is 9.76. The fraction of sp³-hybridized carbons (Fsp3) is 0.583. The van der Waals surface area contributed by atoms with Crippen LogP contribution in [0.15, 0.2) is 42.5 Å². The van der Waals surface area contributed by atoms with E-state index in [1.165, 1.54) is 87.5 Å². The van der Waals surface area contributed by atoms with Crippen molar-refractivity contribution in [2.75, 3.05) is 32.7 Å². The van der Waals surface area contributed by atoms with Crippen molar-refractivity contribution in [3.8, 4) is 0 Å². The molecule has 0 bridgehead atoms. The molecule has 0 atom stereocenters. The molecule has 1 heterocycles. The molecule has 0 aromatic heterocycles. The van der Waals surface area contributed by atoms with Gasteiger partial charge in [0.05, 0.1) is 0 Å². The number of benzene rings is 2. The number of fused-ring (bicyclic) bond motifs is 1. The van der Waals surface area contributed by atoms with Crippen LogP contribution >= 0.6 is 0 Å². The summed E-state index contributed by atoms with van der Waals surface area (Å²) >= 11 is 0. The molecule has 0 saturated carbocycles. The number of hydrogen-bond acceptors (Lipinski definition) is 2. The Labute approximate surface area is 160 Å². The molecule has 26 heavy (non-hydrogen) atoms. The second-order valence-electron chi connectivity index (χ2n) is 7.82. The average molecular weight is 353 g/mol. The number of likely N-dealkylation sites (tertiary alicyclic amines) is 1. The van der Waals surface area contributed by atoms with Crippen LogP contribution in [0.1, 0.15) is 57.4 Å². The zero-order chi connectivity index (χ0) is 18.0. The Morgan fingerprint density at radius 3 is 2.46 bits per heavy atom. The minimum absolute atomic E-state index is 1.08. The summed E-state index contributed by atoms with van der Waals surface area (Å²) in [6.45, 7) is 9.74. The quantitative estimate of drug-likeness (QED) is 0.505. The zero-order valence-electron chi connectivity index (χ0n) is 16.6. The van der Waals surface area contributed by atoms with Gasteiger partial charge in [-0.2, -0.15) is 0 Å². The largest absolute Gasteiger partial charge is 0.303 e. The molecular formula is C24H36N2. The molecule has 2 heteroatoms. The number of piperidine rings is 1. The van der Waals surface area contributed by atoms with E-state index in [-0.39, 0.29) is 0 Å². The van der Waals surface area contributed by atoms with Gasteiger partial charge in [0.1, 0.15) is 0 Å². The highest BCUT2D eigenvalue weighted by molar-refractivity contribution is 5.85. The molecule has 1 saturated heterocycles. The molecule has 142 valence electrons. The average Bonchev–Trinajstić information content (AvgIpc) is 2.70. The van der Waals surface area contributed by atoms with Crippen molar-refractivity contribution in [2.45, 2.75) is 58.4 Å². The van der Waals surface area contributed by atoms with Crippen molar-refractivity contribution in [1.82, 2.24) is 9.80 Å². The van der Waals surface area contributed by atoms with Gasteiger partial charge in [-0.15, -0.1) is 0 Å². The SMILES string of the molecule is CCN(CCCCCCN1CCCCC1)Cc1cccc2ccccc12. The lowest BCUT2D eigenvalue weighted by molar-refractivity contribution is 0.222. The van der Waals surface area contributed by atoms with E-state index < -0.39 is 0 Å². The molecule has 0 aliphatic carbocycles. The first kappa shape index (κ1) is 19.4. The van der Waals surface area contributed by atoms with Gasteiger partial charge in [-0.25, -0.2) is 0 Å². The fourth-order valence-electron chi connectivity index (χ4n) is 4.23. The van der Waals surface area contributed by atoms with E-state index in [9.17, 15) is 0 Å². The lowest BCUT2D eigenvalue weighted by Gasteiger charge is -2.26. The molecule has 1 fully saturated rings. The molecule has 0 N–H and O–H groups in total. The van der Waals surface area contributed by atoms with Gasteiger partial charge in [0, 0.05) is 6.54 Å². The molecule has 3 rings (SSSR count). The van der Waals surface area contributed by atoms with Gasteiger partial charge in [-0.1, -0.05) is 68.7 Å². The maximum atomic E-state index is 2.67. The van der Waals surface area contributed by atoms with Crippen molar-refractivity contribution < 1.29 is 0 Å². The van der Waals surface area contributed by atoms with E-state index in [1.54, 1.807) is 0 Å². The van der Waals surface area contributed by atoms with Crippen LogP contribution < -0.4 is 0 Å². The second-order valence-corrected chi connectivity index (χ2v) is 7.82. The fourth-order valence-corrected chi connectivity index (χ4v) is 4.23. The van der Waals surface area contributed by atoms with Gasteiger partial charge >= 0.3 is 0 Å². The Balaban J connectivity index is 1.37. The maximum Gasteiger partial charge on any atom is 0.0239 e. The van der Waals surface area contributed by atoms with E-state index in [4.69, 9.17) is 0 Å². The van der Waals surface area contributed by atoms with Crippen molar-refractivity contribution in [3.63, 3.8) is 0 Å². The van der Waals surface area contributed by atoms with Crippen LogP contribution in [-0.2, 0) is 6.54 Å². The molecule has 1 aliphatic rings. The first-order chi connectivity index (χ1) is 12.9. The highest BCUT2D eigenvalue weighted by Crippen LogP contribution is 2.20. The standard InChI is InChI=1S/C24H36N2/c1-2-25(17-8-3-4-9-18-26-19-10-5-11-20-26)21-23-15-12-14-22-13-6-7-16-24(22)23/h6-7,12-16H,2-5,8-11,17-21H2,1H3. The summed E-state index contributed by atoms with van der Waals surface area (Å²) < 4.78 is 0. The molecule has 0 unspecified atom stereocenters. The molecule has 2 aromatic carbocycles. The van der Waals surface area contributed by atoms with Gasteiger partial charge in [0.15, 0.2) is 0 Å². The van der Waals surface area contributed by atoms with Crippen LogP contribution in [0.5, 0.6) is 0 Å². The number of unbranched alkanes of at least 4 members (excludes halogenated alkanes) is 3. The van der Waals surface area contributed by atoms with Gasteiger partial charge in [-0.05, 0) is 74.7 Å². The summed E-state index contributed by atoms with van der Waals surface area (Å²) in [5.74, 6) is 0. The van der Waals surface area contributed by atoms with E-state index in [0.717, 1.165) is 13.1 Å². The minimum atomic E-state index is 1.08. The van der Waals surface area contributed by atoms with E-state index in [0.29, 0.717) is 0 Å². The van der Waals surface area contributed by atoms with Crippen LogP contribution in [0.3, 0.4) is 0 Å². The Bertz CT molecular complexity index is 640. The molecule has 0 radical (unpaired) electrons. The Morgan fingerprint density at radius 1 is 0.846 bits per heavy atom. The van der Waals surface area contributed by atoms with Gasteiger partial charge in [0.25, 0.3) is 0 Å². The molecule has 2 aromatic rings. The van der Waals surface area contributed by atoms with Gasteiger partial charge in [0.2, 0.25) is 0 Å². The number of hydrogen-bond donors (Lipinski definition) is 0. The maximum absolute atomic E-state index is 2.67. The molecule has 2 nitrogen and oxygen atoms in total. The molecule has 1 aliphatic heterocycles. The van der Waals surface area contributed by atoms with Crippen molar-refractivity contribution in [2.24, 2.45) is 0 Å². The van der Waals surface area contributed by atoms with Crippen molar-refractivity contribution in [3.05, 3.63) is 48.0 Å². The van der Waals surface area contributed by atoms with Crippen LogP contribution in [0, 0.1) is 0 Å². The summed E-state index contributed by atoms with van der Waals surface area (Å²) in [6, 6.07) is 15.5. The summed E-state index contributed by atoms with van der Waals surface area (Å²) in [4.78, 5) is 5.27. The molecule has 0 amide bonds. The Hall–Kier alpha value is -1.38. The second kappa shape index (κ2) is 10.7. The predicted molar refractivity (Wildman–Crippen MR) is 114 cm³/mol. The van der Waals surface area contributed by atoms with E-state index >= 15 is 0 Å². The lowest BCUT2D eigenvalue weighted by atomic mass is 10.0. The highest BCUT2D eigenvalue weighted by Gasteiger charge is 2.09. The third-order valence-electron chi connectivity index (χ3n) is 5.87. The van der Waals surface area contributed by atoms with E-state index in [1.807, 2.05) is 0 Å². The first-order valence-corrected chi connectivity index (χ1v) is 10.8. The van der Waals surface area contributed by atoms with Crippen LogP contribution in [-0.4, -0.2) is 42.5 Å². The molecule has 0 spiro atoms. The summed E-state index contributed by atoms with van der Waals surface area (Å²) in [7, 11) is 0. The lowest BCUT2D eigenvalue weighted by Crippen LogP contribution is -2.30. The van der Waals surface area contributed by atoms with Crippen LogP contribution in [0.25, 0.3) is 10.8 Å². The van der Waals surface area contributed by atoms with E-state index in [2.05, 4.69) is 59.2 Å². The van der Waals surface area contributed by atoms with Crippen molar-refractivity contribution in [1.29, 1.82) is 0 Å². The first-order valence-electron chi connectivity index (χ1n) is 10.8. The molecular weight excluding hydrogens is 316 g/mol. The smallest absolute Gasteiger partial charge is 0.0239 e. The predicted octanol–water partition coefficient (Wildman–Crippen LogP) is 5.71. The Kier molecular flexibility index (Phi) is 7.97.